The monoisotopic (exact) mass is 312 g/mol. The van der Waals surface area contributed by atoms with E-state index in [1.807, 2.05) is 6.07 Å². The molecule has 0 unspecified atom stereocenters. The molecule has 0 amide bonds. The molecule has 0 bridgehead atoms. The highest BCUT2D eigenvalue weighted by Gasteiger charge is 2.35. The molecule has 6 heteroatoms. The predicted molar refractivity (Wildman–Crippen MR) is 83.4 cm³/mol. The van der Waals surface area contributed by atoms with Crippen LogP contribution in [-0.2, 0) is 16.6 Å². The highest BCUT2D eigenvalue weighted by molar-refractivity contribution is 7.89. The van der Waals surface area contributed by atoms with Gasteiger partial charge in [0, 0.05) is 39.6 Å². The van der Waals surface area contributed by atoms with Crippen LogP contribution in [0.1, 0.15) is 11.1 Å². The topological polar surface area (TPSA) is 60.9 Å². The summed E-state index contributed by atoms with van der Waals surface area (Å²) in [4.78, 5) is 2.12. The number of β-amino-alcohol motifs (C(OH)–C–C–N with tert-alkyl or cyclic N) is 1. The summed E-state index contributed by atoms with van der Waals surface area (Å²) in [6, 6.07) is 8.25. The number of likely N-dealkylation sites (tertiary alicyclic amines) is 1. The number of aryl methyl sites for hydroxylation is 1. The van der Waals surface area contributed by atoms with E-state index >= 15 is 0 Å². The molecule has 1 aromatic carbocycles. The minimum absolute atomic E-state index is 0.00544. The van der Waals surface area contributed by atoms with Gasteiger partial charge in [-0.3, -0.25) is 4.90 Å². The van der Waals surface area contributed by atoms with Gasteiger partial charge in [-0.2, -0.15) is 0 Å². The molecule has 5 nitrogen and oxygen atoms in total. The molecule has 0 aromatic heterocycles. The van der Waals surface area contributed by atoms with Crippen molar-refractivity contribution in [3.8, 4) is 0 Å². The predicted octanol–water partition coefficient (Wildman–Crippen LogP) is 0.679. The average Bonchev–Trinajstić information content (AvgIpc) is 2.68. The van der Waals surface area contributed by atoms with Crippen LogP contribution in [0.15, 0.2) is 24.3 Å². The van der Waals surface area contributed by atoms with Gasteiger partial charge in [0.25, 0.3) is 0 Å². The first-order valence-electron chi connectivity index (χ1n) is 7.14. The lowest BCUT2D eigenvalue weighted by molar-refractivity contribution is 0.148. The van der Waals surface area contributed by atoms with E-state index in [0.29, 0.717) is 13.1 Å². The van der Waals surface area contributed by atoms with Crippen LogP contribution >= 0.6 is 0 Å². The Morgan fingerprint density at radius 1 is 1.33 bits per heavy atom. The lowest BCUT2D eigenvalue weighted by Crippen LogP contribution is -2.33. The van der Waals surface area contributed by atoms with Gasteiger partial charge < -0.3 is 5.11 Å². The van der Waals surface area contributed by atoms with E-state index in [1.165, 1.54) is 29.5 Å². The van der Waals surface area contributed by atoms with Crippen molar-refractivity contribution in [1.29, 1.82) is 0 Å². The number of nitrogens with zero attached hydrogens (tertiary/aromatic N) is 2. The van der Waals surface area contributed by atoms with Crippen molar-refractivity contribution >= 4 is 10.0 Å². The Morgan fingerprint density at radius 3 is 2.67 bits per heavy atom. The molecule has 2 rings (SSSR count). The second-order valence-electron chi connectivity index (χ2n) is 6.07. The van der Waals surface area contributed by atoms with E-state index in [4.69, 9.17) is 0 Å². The van der Waals surface area contributed by atoms with Crippen molar-refractivity contribution in [2.24, 2.45) is 5.92 Å². The maximum Gasteiger partial charge on any atom is 0.214 e. The summed E-state index contributed by atoms with van der Waals surface area (Å²) >= 11 is 0. The van der Waals surface area contributed by atoms with E-state index in [0.717, 1.165) is 6.54 Å². The van der Waals surface area contributed by atoms with Crippen molar-refractivity contribution in [2.75, 3.05) is 32.9 Å². The number of benzene rings is 1. The summed E-state index contributed by atoms with van der Waals surface area (Å²) in [5.41, 5.74) is 2.40. The SMILES string of the molecule is Cc1cccc(CN2C[C@@H](CS(=O)(=O)N(C)C)[C@@H](O)C2)c1. The second kappa shape index (κ2) is 6.44. The van der Waals surface area contributed by atoms with Crippen LogP contribution in [0.3, 0.4) is 0 Å². The minimum Gasteiger partial charge on any atom is -0.391 e. The summed E-state index contributed by atoms with van der Waals surface area (Å²) in [7, 11) is -0.213. The summed E-state index contributed by atoms with van der Waals surface area (Å²) in [6.45, 7) is 3.94. The summed E-state index contributed by atoms with van der Waals surface area (Å²) < 4.78 is 25.1. The Hall–Kier alpha value is -0.950. The standard InChI is InChI=1S/C15H24N2O3S/c1-12-5-4-6-13(7-12)8-17-9-14(15(18)10-17)11-21(19,20)16(2)3/h4-7,14-15,18H,8-11H2,1-3H3/t14-,15-/m0/s1. The summed E-state index contributed by atoms with van der Waals surface area (Å²) in [5, 5.41) is 10.1. The number of sulfonamides is 1. The Morgan fingerprint density at radius 2 is 2.05 bits per heavy atom. The Labute approximate surface area is 127 Å². The molecule has 118 valence electrons. The molecule has 0 saturated carbocycles. The molecule has 1 heterocycles. The second-order valence-corrected chi connectivity index (χ2v) is 8.30. The molecule has 0 aliphatic carbocycles. The maximum atomic E-state index is 11.9. The Balaban J connectivity index is 1.98. The van der Waals surface area contributed by atoms with Crippen molar-refractivity contribution in [1.82, 2.24) is 9.21 Å². The van der Waals surface area contributed by atoms with Crippen LogP contribution in [0.5, 0.6) is 0 Å². The van der Waals surface area contributed by atoms with Gasteiger partial charge in [0.2, 0.25) is 10.0 Å². The lowest BCUT2D eigenvalue weighted by atomic mass is 10.1. The smallest absolute Gasteiger partial charge is 0.214 e. The molecule has 1 aromatic rings. The summed E-state index contributed by atoms with van der Waals surface area (Å²) in [6.07, 6.45) is -0.579. The van der Waals surface area contributed by atoms with Crippen LogP contribution in [0, 0.1) is 12.8 Å². The molecule has 0 spiro atoms. The largest absolute Gasteiger partial charge is 0.391 e. The van der Waals surface area contributed by atoms with Crippen molar-refractivity contribution in [2.45, 2.75) is 19.6 Å². The first kappa shape index (κ1) is 16.4. The number of aliphatic hydroxyl groups is 1. The fourth-order valence-corrected chi connectivity index (χ4v) is 3.89. The third-order valence-corrected chi connectivity index (χ3v) is 5.91. The number of aliphatic hydroxyl groups excluding tert-OH is 1. The fourth-order valence-electron chi connectivity index (χ4n) is 2.72. The van der Waals surface area contributed by atoms with E-state index in [2.05, 4.69) is 30.0 Å². The van der Waals surface area contributed by atoms with Gasteiger partial charge in [0.1, 0.15) is 0 Å². The van der Waals surface area contributed by atoms with Crippen LogP contribution in [0.25, 0.3) is 0 Å². The first-order chi connectivity index (χ1) is 9.78. The van der Waals surface area contributed by atoms with Gasteiger partial charge in [-0.25, -0.2) is 12.7 Å². The maximum absolute atomic E-state index is 11.9. The van der Waals surface area contributed by atoms with Crippen LogP contribution < -0.4 is 0 Å². The molecule has 1 aliphatic heterocycles. The molecule has 1 saturated heterocycles. The fraction of sp³-hybridized carbons (Fsp3) is 0.600. The zero-order valence-electron chi connectivity index (χ0n) is 12.9. The average molecular weight is 312 g/mol. The van der Waals surface area contributed by atoms with Gasteiger partial charge >= 0.3 is 0 Å². The lowest BCUT2D eigenvalue weighted by Gasteiger charge is -2.18. The first-order valence-corrected chi connectivity index (χ1v) is 8.75. The number of hydrogen-bond donors (Lipinski definition) is 1. The molecular formula is C15H24N2O3S. The summed E-state index contributed by atoms with van der Waals surface area (Å²) in [5.74, 6) is -0.215. The van der Waals surface area contributed by atoms with Gasteiger partial charge in [-0.15, -0.1) is 0 Å². The third-order valence-electron chi connectivity index (χ3n) is 3.95. The Bertz CT molecular complexity index is 586. The normalized spacial score (nSPS) is 23.9. The van der Waals surface area contributed by atoms with Gasteiger partial charge in [0.05, 0.1) is 11.9 Å². The highest BCUT2D eigenvalue weighted by atomic mass is 32.2. The number of hydrogen-bond acceptors (Lipinski definition) is 4. The van der Waals surface area contributed by atoms with E-state index in [-0.39, 0.29) is 11.7 Å². The van der Waals surface area contributed by atoms with Gasteiger partial charge in [-0.1, -0.05) is 29.8 Å². The molecule has 1 N–H and O–H groups in total. The van der Waals surface area contributed by atoms with E-state index < -0.39 is 16.1 Å². The van der Waals surface area contributed by atoms with E-state index in [9.17, 15) is 13.5 Å². The van der Waals surface area contributed by atoms with Crippen molar-refractivity contribution < 1.29 is 13.5 Å². The van der Waals surface area contributed by atoms with Crippen LogP contribution in [0.4, 0.5) is 0 Å². The zero-order chi connectivity index (χ0) is 15.6. The van der Waals surface area contributed by atoms with Crippen LogP contribution in [0.2, 0.25) is 0 Å². The Kier molecular flexibility index (Phi) is 5.03. The van der Waals surface area contributed by atoms with Crippen molar-refractivity contribution in [3.05, 3.63) is 35.4 Å². The number of rotatable bonds is 5. The minimum atomic E-state index is -3.27. The molecule has 1 aliphatic rings. The third kappa shape index (κ3) is 4.26. The zero-order valence-corrected chi connectivity index (χ0v) is 13.7. The van der Waals surface area contributed by atoms with Crippen molar-refractivity contribution in [3.63, 3.8) is 0 Å². The highest BCUT2D eigenvalue weighted by Crippen LogP contribution is 2.22. The van der Waals surface area contributed by atoms with Gasteiger partial charge in [0.15, 0.2) is 0 Å². The quantitative estimate of drug-likeness (QED) is 0.868. The van der Waals surface area contributed by atoms with Gasteiger partial charge in [-0.05, 0) is 12.5 Å². The molecule has 21 heavy (non-hydrogen) atoms. The van der Waals surface area contributed by atoms with Crippen LogP contribution in [-0.4, -0.2) is 61.8 Å². The molecular weight excluding hydrogens is 288 g/mol. The van der Waals surface area contributed by atoms with E-state index in [1.54, 1.807) is 0 Å². The molecule has 2 atom stereocenters. The molecule has 1 fully saturated rings. The molecule has 0 radical (unpaired) electrons.